The van der Waals surface area contributed by atoms with E-state index in [0.29, 0.717) is 0 Å². The fourth-order valence-corrected chi connectivity index (χ4v) is 3.83. The molecule has 1 unspecified atom stereocenters. The minimum atomic E-state index is -0.676. The second-order valence-corrected chi connectivity index (χ2v) is 8.05. The van der Waals surface area contributed by atoms with Crippen LogP contribution in [0.1, 0.15) is 23.4 Å². The van der Waals surface area contributed by atoms with Crippen LogP contribution < -0.4 is 10.6 Å². The lowest BCUT2D eigenvalue weighted by Crippen LogP contribution is -2.46. The Bertz CT molecular complexity index is 983. The van der Waals surface area contributed by atoms with Crippen LogP contribution in [0.4, 0.5) is 4.79 Å². The van der Waals surface area contributed by atoms with Crippen LogP contribution in [-0.4, -0.2) is 31.2 Å². The molecule has 2 amide bonds. The normalized spacial score (nSPS) is 16.2. The van der Waals surface area contributed by atoms with E-state index in [1.807, 2.05) is 41.8 Å². The number of amides is 2. The molecule has 30 heavy (non-hydrogen) atoms. The van der Waals surface area contributed by atoms with Gasteiger partial charge in [-0.1, -0.05) is 34.1 Å². The second kappa shape index (κ2) is 10.2. The van der Waals surface area contributed by atoms with Gasteiger partial charge in [0.1, 0.15) is 6.61 Å². The number of carbonyl (C=O) groups is 3. The van der Waals surface area contributed by atoms with E-state index < -0.39 is 24.0 Å². The van der Waals surface area contributed by atoms with E-state index in [0.717, 1.165) is 14.9 Å². The number of benzene rings is 1. The summed E-state index contributed by atoms with van der Waals surface area (Å²) in [6.45, 7) is 1.60. The Morgan fingerprint density at radius 2 is 1.97 bits per heavy atom. The molecule has 156 valence electrons. The number of hydrogen-bond donors (Lipinski definition) is 2. The average Bonchev–Trinajstić information content (AvgIpc) is 3.26. The SMILES string of the molecule is CCOC(=O)C1=C(COC(=O)C=Cc2ccc(Br)cc2)NC(=O)NC1c1cccs1. The van der Waals surface area contributed by atoms with Crippen molar-refractivity contribution >= 4 is 51.3 Å². The molecule has 0 fully saturated rings. The monoisotopic (exact) mass is 490 g/mol. The summed E-state index contributed by atoms with van der Waals surface area (Å²) in [5.74, 6) is -1.19. The zero-order valence-electron chi connectivity index (χ0n) is 16.0. The van der Waals surface area contributed by atoms with Crippen molar-refractivity contribution in [3.05, 3.63) is 74.0 Å². The van der Waals surface area contributed by atoms with Gasteiger partial charge in [0.05, 0.1) is 23.9 Å². The fourth-order valence-electron chi connectivity index (χ4n) is 2.78. The third kappa shape index (κ3) is 5.58. The van der Waals surface area contributed by atoms with Crippen LogP contribution >= 0.6 is 27.3 Å². The van der Waals surface area contributed by atoms with Crippen molar-refractivity contribution in [3.8, 4) is 0 Å². The zero-order valence-corrected chi connectivity index (χ0v) is 18.4. The molecule has 2 N–H and O–H groups in total. The van der Waals surface area contributed by atoms with Crippen LogP contribution in [0.2, 0.25) is 0 Å². The first kappa shape index (κ1) is 21.8. The topological polar surface area (TPSA) is 93.7 Å². The van der Waals surface area contributed by atoms with Crippen LogP contribution in [0, 0.1) is 0 Å². The standard InChI is InChI=1S/C21H19BrN2O5S/c1-2-28-20(26)18-15(23-21(27)24-19(18)16-4-3-11-30-16)12-29-17(25)10-7-13-5-8-14(22)9-6-13/h3-11,19H,2,12H2,1H3,(H2,23,24,27). The van der Waals surface area contributed by atoms with Crippen LogP contribution in [0.15, 0.2) is 63.6 Å². The van der Waals surface area contributed by atoms with Gasteiger partial charge in [0.2, 0.25) is 0 Å². The zero-order chi connectivity index (χ0) is 21.5. The summed E-state index contributed by atoms with van der Waals surface area (Å²) in [5.41, 5.74) is 1.24. The van der Waals surface area contributed by atoms with Gasteiger partial charge in [-0.3, -0.25) is 0 Å². The summed E-state index contributed by atoms with van der Waals surface area (Å²) in [5, 5.41) is 7.13. The van der Waals surface area contributed by atoms with Crippen LogP contribution in [0.3, 0.4) is 0 Å². The Balaban J connectivity index is 1.78. The van der Waals surface area contributed by atoms with Gasteiger partial charge in [0.25, 0.3) is 0 Å². The molecule has 0 aliphatic carbocycles. The molecule has 1 aromatic heterocycles. The lowest BCUT2D eigenvalue weighted by molar-refractivity contribution is -0.140. The highest BCUT2D eigenvalue weighted by Gasteiger charge is 2.34. The van der Waals surface area contributed by atoms with Crippen molar-refractivity contribution < 1.29 is 23.9 Å². The average molecular weight is 491 g/mol. The van der Waals surface area contributed by atoms with E-state index in [-0.39, 0.29) is 24.5 Å². The van der Waals surface area contributed by atoms with Crippen molar-refractivity contribution in [2.75, 3.05) is 13.2 Å². The minimum Gasteiger partial charge on any atom is -0.463 e. The molecule has 0 radical (unpaired) electrons. The summed E-state index contributed by atoms with van der Waals surface area (Å²) >= 11 is 4.75. The van der Waals surface area contributed by atoms with Crippen molar-refractivity contribution in [1.82, 2.24) is 10.6 Å². The van der Waals surface area contributed by atoms with Gasteiger partial charge in [-0.15, -0.1) is 11.3 Å². The lowest BCUT2D eigenvalue weighted by Gasteiger charge is -2.28. The number of nitrogens with one attached hydrogen (secondary N) is 2. The maximum atomic E-state index is 12.6. The summed E-state index contributed by atoms with van der Waals surface area (Å²) in [6.07, 6.45) is 2.90. The smallest absolute Gasteiger partial charge is 0.338 e. The Kier molecular flexibility index (Phi) is 7.42. The molecule has 0 saturated heterocycles. The van der Waals surface area contributed by atoms with E-state index in [4.69, 9.17) is 9.47 Å². The van der Waals surface area contributed by atoms with E-state index in [2.05, 4.69) is 26.6 Å². The summed E-state index contributed by atoms with van der Waals surface area (Å²) in [4.78, 5) is 37.6. The van der Waals surface area contributed by atoms with Crippen molar-refractivity contribution in [2.45, 2.75) is 13.0 Å². The Morgan fingerprint density at radius 1 is 1.20 bits per heavy atom. The first-order valence-electron chi connectivity index (χ1n) is 9.09. The largest absolute Gasteiger partial charge is 0.463 e. The molecule has 3 rings (SSSR count). The third-order valence-corrected chi connectivity index (χ3v) is 5.58. The Labute approximate surface area is 185 Å². The third-order valence-electron chi connectivity index (χ3n) is 4.12. The molecule has 1 aliphatic rings. The number of hydrogen-bond acceptors (Lipinski definition) is 6. The molecule has 1 aliphatic heterocycles. The first-order valence-corrected chi connectivity index (χ1v) is 10.8. The number of esters is 2. The van der Waals surface area contributed by atoms with Crippen LogP contribution in [0.25, 0.3) is 6.08 Å². The van der Waals surface area contributed by atoms with Gasteiger partial charge in [-0.2, -0.15) is 0 Å². The van der Waals surface area contributed by atoms with Gasteiger partial charge in [0, 0.05) is 15.4 Å². The highest BCUT2D eigenvalue weighted by atomic mass is 79.9. The van der Waals surface area contributed by atoms with Gasteiger partial charge >= 0.3 is 18.0 Å². The van der Waals surface area contributed by atoms with Crippen molar-refractivity contribution in [2.24, 2.45) is 0 Å². The molecule has 0 spiro atoms. The summed E-state index contributed by atoms with van der Waals surface area (Å²) < 4.78 is 11.3. The maximum Gasteiger partial charge on any atom is 0.338 e. The second-order valence-electron chi connectivity index (χ2n) is 6.15. The Hall–Kier alpha value is -2.91. The molecule has 0 bridgehead atoms. The van der Waals surface area contributed by atoms with E-state index >= 15 is 0 Å². The van der Waals surface area contributed by atoms with Gasteiger partial charge in [-0.25, -0.2) is 14.4 Å². The predicted molar refractivity (Wildman–Crippen MR) is 117 cm³/mol. The Morgan fingerprint density at radius 3 is 2.63 bits per heavy atom. The molecule has 2 heterocycles. The number of thiophene rings is 1. The van der Waals surface area contributed by atoms with E-state index in [1.54, 1.807) is 13.0 Å². The quantitative estimate of drug-likeness (QED) is 0.452. The first-order chi connectivity index (χ1) is 14.5. The summed E-state index contributed by atoms with van der Waals surface area (Å²) in [7, 11) is 0. The van der Waals surface area contributed by atoms with Gasteiger partial charge in [0.15, 0.2) is 0 Å². The molecule has 9 heteroatoms. The van der Waals surface area contributed by atoms with Crippen molar-refractivity contribution in [3.63, 3.8) is 0 Å². The number of urea groups is 1. The van der Waals surface area contributed by atoms with E-state index in [1.165, 1.54) is 17.4 Å². The maximum absolute atomic E-state index is 12.6. The number of ether oxygens (including phenoxy) is 2. The molecular weight excluding hydrogens is 472 g/mol. The van der Waals surface area contributed by atoms with Crippen molar-refractivity contribution in [1.29, 1.82) is 0 Å². The minimum absolute atomic E-state index is 0.177. The molecule has 7 nitrogen and oxygen atoms in total. The summed E-state index contributed by atoms with van der Waals surface area (Å²) in [6, 6.07) is 9.87. The number of rotatable bonds is 7. The molecule has 2 aromatic rings. The predicted octanol–water partition coefficient (Wildman–Crippen LogP) is 3.94. The molecular formula is C21H19BrN2O5S. The lowest BCUT2D eigenvalue weighted by atomic mass is 10.0. The fraction of sp³-hybridized carbons (Fsp3) is 0.190. The molecule has 1 atom stereocenters. The number of halogens is 1. The van der Waals surface area contributed by atoms with Gasteiger partial charge < -0.3 is 20.1 Å². The van der Waals surface area contributed by atoms with Crippen LogP contribution in [0.5, 0.6) is 0 Å². The van der Waals surface area contributed by atoms with E-state index in [9.17, 15) is 14.4 Å². The number of carbonyl (C=O) groups excluding carboxylic acids is 3. The van der Waals surface area contributed by atoms with Crippen LogP contribution in [-0.2, 0) is 19.1 Å². The van der Waals surface area contributed by atoms with Gasteiger partial charge in [-0.05, 0) is 42.1 Å². The highest BCUT2D eigenvalue weighted by Crippen LogP contribution is 2.30. The molecule has 0 saturated carbocycles. The highest BCUT2D eigenvalue weighted by molar-refractivity contribution is 9.10. The molecule has 1 aromatic carbocycles.